The van der Waals surface area contributed by atoms with E-state index in [4.69, 9.17) is 0 Å². The van der Waals surface area contributed by atoms with Gasteiger partial charge in [0, 0.05) is 0 Å². The standard InChI is InChI=1S/C14H22O3/c1-10(15)9-11-5-8-13(2)6-3-4-7-14(13,17)12(11)16/h9,12,16-17H,3-8H2,1-2H3/b11-9+/t12-,13+,14+/m1/s1. The van der Waals surface area contributed by atoms with Crippen LogP contribution in [0.1, 0.15) is 52.4 Å². The summed E-state index contributed by atoms with van der Waals surface area (Å²) in [5.74, 6) is -0.0536. The van der Waals surface area contributed by atoms with Crippen molar-refractivity contribution in [1.29, 1.82) is 0 Å². The lowest BCUT2D eigenvalue weighted by Gasteiger charge is -2.54. The van der Waals surface area contributed by atoms with Crippen molar-refractivity contribution in [1.82, 2.24) is 0 Å². The van der Waals surface area contributed by atoms with Gasteiger partial charge in [0.25, 0.3) is 0 Å². The number of fused-ring (bicyclic) bond motifs is 1. The molecular formula is C14H22O3. The van der Waals surface area contributed by atoms with Gasteiger partial charge < -0.3 is 10.2 Å². The summed E-state index contributed by atoms with van der Waals surface area (Å²) >= 11 is 0. The van der Waals surface area contributed by atoms with Crippen LogP contribution in [0.5, 0.6) is 0 Å². The first kappa shape index (κ1) is 12.8. The predicted molar refractivity (Wildman–Crippen MR) is 65.5 cm³/mol. The fraction of sp³-hybridized carbons (Fsp3) is 0.786. The first-order chi connectivity index (χ1) is 7.89. The van der Waals surface area contributed by atoms with Crippen molar-refractivity contribution in [2.45, 2.75) is 64.1 Å². The van der Waals surface area contributed by atoms with Gasteiger partial charge in [-0.15, -0.1) is 0 Å². The van der Waals surface area contributed by atoms with Gasteiger partial charge in [0.05, 0.1) is 5.60 Å². The fourth-order valence-corrected chi connectivity index (χ4v) is 3.51. The minimum Gasteiger partial charge on any atom is -0.386 e. The van der Waals surface area contributed by atoms with Crippen LogP contribution in [0.4, 0.5) is 0 Å². The Hall–Kier alpha value is -0.670. The summed E-state index contributed by atoms with van der Waals surface area (Å²) in [4.78, 5) is 11.1. The Balaban J connectivity index is 2.33. The van der Waals surface area contributed by atoms with Crippen LogP contribution in [0.15, 0.2) is 11.6 Å². The molecule has 0 heterocycles. The lowest BCUT2D eigenvalue weighted by Crippen LogP contribution is -2.60. The molecule has 0 amide bonds. The lowest BCUT2D eigenvalue weighted by atomic mass is 9.55. The van der Waals surface area contributed by atoms with E-state index in [1.165, 1.54) is 13.0 Å². The molecule has 0 unspecified atom stereocenters. The second-order valence-corrected chi connectivity index (χ2v) is 5.92. The number of ketones is 1. The van der Waals surface area contributed by atoms with Crippen LogP contribution in [0, 0.1) is 5.41 Å². The summed E-state index contributed by atoms with van der Waals surface area (Å²) in [7, 11) is 0. The fourth-order valence-electron chi connectivity index (χ4n) is 3.51. The van der Waals surface area contributed by atoms with Crippen molar-refractivity contribution in [3.63, 3.8) is 0 Å². The zero-order valence-corrected chi connectivity index (χ0v) is 10.7. The van der Waals surface area contributed by atoms with Crippen molar-refractivity contribution in [3.8, 4) is 0 Å². The van der Waals surface area contributed by atoms with Gasteiger partial charge in [0.2, 0.25) is 0 Å². The van der Waals surface area contributed by atoms with E-state index in [1.807, 2.05) is 0 Å². The van der Waals surface area contributed by atoms with Crippen LogP contribution in [0.2, 0.25) is 0 Å². The number of carbonyl (C=O) groups excluding carboxylic acids is 1. The molecule has 2 aliphatic rings. The SMILES string of the molecule is CC(=O)/C=C1\CC[C@]2(C)CCCC[C@]2(O)[C@@H]1O. The Bertz CT molecular complexity index is 360. The van der Waals surface area contributed by atoms with E-state index < -0.39 is 11.7 Å². The summed E-state index contributed by atoms with van der Waals surface area (Å²) in [6.07, 6.45) is 5.89. The van der Waals surface area contributed by atoms with Crippen molar-refractivity contribution in [2.75, 3.05) is 0 Å². The number of aliphatic hydroxyl groups is 2. The predicted octanol–water partition coefficient (Wildman–Crippen LogP) is 1.97. The van der Waals surface area contributed by atoms with Crippen molar-refractivity contribution < 1.29 is 15.0 Å². The molecule has 3 atom stereocenters. The van der Waals surface area contributed by atoms with Gasteiger partial charge in [-0.2, -0.15) is 0 Å². The van der Waals surface area contributed by atoms with Gasteiger partial charge in [-0.25, -0.2) is 0 Å². The van der Waals surface area contributed by atoms with Crippen LogP contribution >= 0.6 is 0 Å². The van der Waals surface area contributed by atoms with Crippen molar-refractivity contribution in [3.05, 3.63) is 11.6 Å². The van der Waals surface area contributed by atoms with Gasteiger partial charge in [-0.1, -0.05) is 19.8 Å². The first-order valence-electron chi connectivity index (χ1n) is 6.50. The van der Waals surface area contributed by atoms with Gasteiger partial charge in [-0.05, 0) is 49.7 Å². The highest BCUT2D eigenvalue weighted by Crippen LogP contribution is 2.54. The largest absolute Gasteiger partial charge is 0.386 e. The van der Waals surface area contributed by atoms with E-state index in [-0.39, 0.29) is 11.2 Å². The molecule has 3 nitrogen and oxygen atoms in total. The molecular weight excluding hydrogens is 216 g/mol. The molecule has 0 spiro atoms. The maximum atomic E-state index is 11.1. The van der Waals surface area contributed by atoms with E-state index >= 15 is 0 Å². The number of hydrogen-bond donors (Lipinski definition) is 2. The zero-order chi connectivity index (χ0) is 12.7. The Morgan fingerprint density at radius 3 is 2.65 bits per heavy atom. The number of hydrogen-bond acceptors (Lipinski definition) is 3. The average molecular weight is 238 g/mol. The van der Waals surface area contributed by atoms with Gasteiger partial charge in [0.15, 0.2) is 5.78 Å². The molecule has 0 radical (unpaired) electrons. The smallest absolute Gasteiger partial charge is 0.152 e. The summed E-state index contributed by atoms with van der Waals surface area (Å²) in [6.45, 7) is 3.55. The average Bonchev–Trinajstić information content (AvgIpc) is 2.26. The van der Waals surface area contributed by atoms with Gasteiger partial charge in [-0.3, -0.25) is 4.79 Å². The molecule has 0 aromatic carbocycles. The molecule has 0 aliphatic heterocycles. The Labute approximate surface area is 103 Å². The Morgan fingerprint density at radius 1 is 1.35 bits per heavy atom. The second kappa shape index (κ2) is 4.21. The summed E-state index contributed by atoms with van der Waals surface area (Å²) < 4.78 is 0. The number of rotatable bonds is 1. The number of carbonyl (C=O) groups is 1. The Morgan fingerprint density at radius 2 is 2.00 bits per heavy atom. The van der Waals surface area contributed by atoms with Gasteiger partial charge >= 0.3 is 0 Å². The summed E-state index contributed by atoms with van der Waals surface area (Å²) in [5.41, 5.74) is -0.525. The van der Waals surface area contributed by atoms with Crippen LogP contribution in [0.25, 0.3) is 0 Å². The topological polar surface area (TPSA) is 57.5 Å². The number of allylic oxidation sites excluding steroid dienone is 1. The maximum absolute atomic E-state index is 11.1. The van der Waals surface area contributed by atoms with E-state index in [2.05, 4.69) is 6.92 Å². The minimum atomic E-state index is -1.04. The van der Waals surface area contributed by atoms with Crippen molar-refractivity contribution >= 4 is 5.78 Å². The molecule has 2 fully saturated rings. The van der Waals surface area contributed by atoms with E-state index in [9.17, 15) is 15.0 Å². The molecule has 96 valence electrons. The van der Waals surface area contributed by atoms with Crippen LogP contribution in [-0.4, -0.2) is 27.7 Å². The van der Waals surface area contributed by atoms with Gasteiger partial charge in [0.1, 0.15) is 6.10 Å². The molecule has 2 rings (SSSR count). The molecule has 2 N–H and O–H groups in total. The normalized spacial score (nSPS) is 44.5. The first-order valence-corrected chi connectivity index (χ1v) is 6.50. The molecule has 17 heavy (non-hydrogen) atoms. The highest BCUT2D eigenvalue weighted by Gasteiger charge is 2.55. The molecule has 2 aliphatic carbocycles. The van der Waals surface area contributed by atoms with Crippen LogP contribution < -0.4 is 0 Å². The molecule has 3 heteroatoms. The molecule has 0 saturated heterocycles. The Kier molecular flexibility index (Phi) is 3.17. The third kappa shape index (κ3) is 1.95. The van der Waals surface area contributed by atoms with E-state index in [0.717, 1.165) is 32.1 Å². The molecule has 0 aromatic heterocycles. The highest BCUT2D eigenvalue weighted by atomic mass is 16.3. The third-order valence-electron chi connectivity index (χ3n) is 4.74. The van der Waals surface area contributed by atoms with E-state index in [1.54, 1.807) is 0 Å². The molecule has 0 aromatic rings. The minimum absolute atomic E-state index is 0.0536. The van der Waals surface area contributed by atoms with Crippen LogP contribution in [0.3, 0.4) is 0 Å². The summed E-state index contributed by atoms with van der Waals surface area (Å²) in [6, 6.07) is 0. The zero-order valence-electron chi connectivity index (χ0n) is 10.7. The van der Waals surface area contributed by atoms with Crippen molar-refractivity contribution in [2.24, 2.45) is 5.41 Å². The quantitative estimate of drug-likeness (QED) is 0.687. The third-order valence-corrected chi connectivity index (χ3v) is 4.74. The lowest BCUT2D eigenvalue weighted by molar-refractivity contribution is -0.179. The summed E-state index contributed by atoms with van der Waals surface area (Å²) in [5, 5.41) is 21.2. The highest BCUT2D eigenvalue weighted by molar-refractivity contribution is 5.88. The monoisotopic (exact) mass is 238 g/mol. The van der Waals surface area contributed by atoms with E-state index in [0.29, 0.717) is 12.0 Å². The second-order valence-electron chi connectivity index (χ2n) is 5.92. The molecule has 2 saturated carbocycles. The van der Waals surface area contributed by atoms with Crippen LogP contribution in [-0.2, 0) is 4.79 Å². The maximum Gasteiger partial charge on any atom is 0.152 e. The number of aliphatic hydroxyl groups excluding tert-OH is 1. The molecule has 0 bridgehead atoms.